The summed E-state index contributed by atoms with van der Waals surface area (Å²) in [5.41, 5.74) is 1.38. The van der Waals surface area contributed by atoms with Crippen LogP contribution in [0.1, 0.15) is 52.4 Å². The minimum atomic E-state index is -0.521. The number of carbonyl (C=O) groups excluding carboxylic acids is 3. The molecule has 4 heteroatoms. The number of allylic oxidation sites excluding steroid dienone is 2. The monoisotopic (exact) mass is 339 g/mol. The summed E-state index contributed by atoms with van der Waals surface area (Å²) in [5.74, 6) is 1.50. The van der Waals surface area contributed by atoms with E-state index in [1.165, 1.54) is 5.57 Å². The average molecular weight is 339 g/mol. The van der Waals surface area contributed by atoms with E-state index in [1.807, 2.05) is 0 Å². The van der Waals surface area contributed by atoms with Crippen molar-refractivity contribution in [3.8, 4) is 0 Å². The van der Waals surface area contributed by atoms with Crippen molar-refractivity contribution < 1.29 is 14.4 Å². The number of piperidine rings is 1. The Morgan fingerprint density at radius 3 is 2.76 bits per heavy atom. The zero-order valence-electron chi connectivity index (χ0n) is 15.0. The molecule has 2 unspecified atom stereocenters. The lowest BCUT2D eigenvalue weighted by Gasteiger charge is -2.59. The molecule has 1 spiro atoms. The van der Waals surface area contributed by atoms with Gasteiger partial charge in [0.15, 0.2) is 5.78 Å². The molecule has 2 saturated heterocycles. The number of hydrogen-bond acceptors (Lipinski definition) is 3. The Kier molecular flexibility index (Phi) is 2.41. The van der Waals surface area contributed by atoms with Crippen molar-refractivity contribution in [3.63, 3.8) is 0 Å². The second kappa shape index (κ2) is 4.10. The van der Waals surface area contributed by atoms with E-state index >= 15 is 0 Å². The largest absolute Gasteiger partial charge is 0.339 e. The number of fused-ring (bicyclic) bond motifs is 1. The van der Waals surface area contributed by atoms with Crippen molar-refractivity contribution in [2.24, 2.45) is 34.5 Å². The van der Waals surface area contributed by atoms with Crippen LogP contribution in [0.25, 0.3) is 0 Å². The molecule has 4 aliphatic carbocycles. The lowest BCUT2D eigenvalue weighted by atomic mass is 9.45. The molecule has 2 saturated carbocycles. The Morgan fingerprint density at radius 1 is 1.16 bits per heavy atom. The molecule has 0 radical (unpaired) electrons. The zero-order valence-corrected chi connectivity index (χ0v) is 15.0. The van der Waals surface area contributed by atoms with Gasteiger partial charge in [-0.05, 0) is 55.1 Å². The van der Waals surface area contributed by atoms with Gasteiger partial charge in [-0.15, -0.1) is 0 Å². The van der Waals surface area contributed by atoms with Crippen molar-refractivity contribution in [1.82, 2.24) is 4.90 Å². The summed E-state index contributed by atoms with van der Waals surface area (Å²) in [6, 6.07) is 0.199. The minimum absolute atomic E-state index is 0.0275. The third-order valence-corrected chi connectivity index (χ3v) is 9.21. The summed E-state index contributed by atoms with van der Waals surface area (Å²) >= 11 is 0. The molecule has 6 rings (SSSR count). The maximum atomic E-state index is 14.0. The number of ketones is 2. The molecular formula is C21H25NO3. The Hall–Kier alpha value is -1.45. The SMILES string of the molecule is C[C@@H]1CN2C(=O)[C@H]3CC[C@@H]4CC(=O)C5=C4[C@@]4(CC5)C(=O)C1CC2[C@@]34C. The molecule has 2 aliphatic heterocycles. The second-order valence-corrected chi connectivity index (χ2v) is 9.72. The molecule has 4 fully saturated rings. The van der Waals surface area contributed by atoms with Crippen LogP contribution in [0.3, 0.4) is 0 Å². The smallest absolute Gasteiger partial charge is 0.226 e. The number of rotatable bonds is 0. The Balaban J connectivity index is 1.69. The zero-order chi connectivity index (χ0) is 17.3. The molecule has 1 amide bonds. The van der Waals surface area contributed by atoms with Gasteiger partial charge >= 0.3 is 0 Å². The summed E-state index contributed by atoms with van der Waals surface area (Å²) < 4.78 is 0. The third-order valence-electron chi connectivity index (χ3n) is 9.21. The van der Waals surface area contributed by atoms with Crippen LogP contribution in [0.15, 0.2) is 11.1 Å². The summed E-state index contributed by atoms with van der Waals surface area (Å²) in [7, 11) is 0. The Bertz CT molecular complexity index is 797. The van der Waals surface area contributed by atoms with E-state index in [9.17, 15) is 14.4 Å². The van der Waals surface area contributed by atoms with Gasteiger partial charge in [0.25, 0.3) is 0 Å². The fourth-order valence-electron chi connectivity index (χ4n) is 8.22. The topological polar surface area (TPSA) is 54.5 Å². The number of amides is 1. The standard InChI is InChI=1S/C21H25NO3/c1-10-9-22-16-8-13(10)18(24)21-6-5-12-15(23)7-11(17(12)21)3-4-14(19(22)25)20(16,21)2/h10-11,13-14,16H,3-9H2,1-2H3/t10-,11-,13?,14-,16?,20-,21+/m1/s1. The predicted molar refractivity (Wildman–Crippen MR) is 90.4 cm³/mol. The molecule has 6 aliphatic rings. The third kappa shape index (κ3) is 1.27. The number of Topliss-reactive ketones (excluding diaryl/α,β-unsaturated/α-hetero) is 2. The van der Waals surface area contributed by atoms with Gasteiger partial charge < -0.3 is 4.90 Å². The van der Waals surface area contributed by atoms with E-state index in [-0.39, 0.29) is 40.9 Å². The molecular weight excluding hydrogens is 314 g/mol. The van der Waals surface area contributed by atoms with Crippen LogP contribution in [0.2, 0.25) is 0 Å². The van der Waals surface area contributed by atoms with Crippen LogP contribution >= 0.6 is 0 Å². The van der Waals surface area contributed by atoms with E-state index in [1.54, 1.807) is 0 Å². The second-order valence-electron chi connectivity index (χ2n) is 9.72. The van der Waals surface area contributed by atoms with Gasteiger partial charge in [-0.25, -0.2) is 0 Å². The van der Waals surface area contributed by atoms with Crippen LogP contribution in [0, 0.1) is 34.5 Å². The highest BCUT2D eigenvalue weighted by Crippen LogP contribution is 2.73. The van der Waals surface area contributed by atoms with Gasteiger partial charge in [0, 0.05) is 36.3 Å². The maximum absolute atomic E-state index is 14.0. The van der Waals surface area contributed by atoms with E-state index in [0.29, 0.717) is 18.1 Å². The fraction of sp³-hybridized carbons (Fsp3) is 0.762. The van der Waals surface area contributed by atoms with E-state index < -0.39 is 5.41 Å². The maximum Gasteiger partial charge on any atom is 0.226 e. The number of hydrogen-bond donors (Lipinski definition) is 0. The highest BCUT2D eigenvalue weighted by Gasteiger charge is 2.76. The van der Waals surface area contributed by atoms with Crippen LogP contribution in [-0.4, -0.2) is 35.0 Å². The highest BCUT2D eigenvalue weighted by atomic mass is 16.2. The summed E-state index contributed by atoms with van der Waals surface area (Å²) in [4.78, 5) is 42.0. The van der Waals surface area contributed by atoms with Gasteiger partial charge in [-0.1, -0.05) is 13.8 Å². The molecule has 0 N–H and O–H groups in total. The molecule has 2 heterocycles. The lowest BCUT2D eigenvalue weighted by Crippen LogP contribution is -2.65. The molecule has 7 atom stereocenters. The molecule has 25 heavy (non-hydrogen) atoms. The van der Waals surface area contributed by atoms with Gasteiger partial charge in [-0.3, -0.25) is 14.4 Å². The van der Waals surface area contributed by atoms with E-state index in [2.05, 4.69) is 18.7 Å². The number of carbonyl (C=O) groups is 3. The first-order chi connectivity index (χ1) is 11.9. The van der Waals surface area contributed by atoms with Gasteiger partial charge in [0.2, 0.25) is 5.91 Å². The van der Waals surface area contributed by atoms with Crippen LogP contribution in [-0.2, 0) is 14.4 Å². The number of nitrogens with zero attached hydrogens (tertiary/aromatic N) is 1. The quantitative estimate of drug-likeness (QED) is 0.681. The van der Waals surface area contributed by atoms with E-state index in [4.69, 9.17) is 0 Å². The minimum Gasteiger partial charge on any atom is -0.339 e. The molecule has 0 aromatic carbocycles. The Morgan fingerprint density at radius 2 is 1.96 bits per heavy atom. The van der Waals surface area contributed by atoms with E-state index in [0.717, 1.165) is 44.2 Å². The van der Waals surface area contributed by atoms with Gasteiger partial charge in [0.1, 0.15) is 5.78 Å². The Labute approximate surface area is 148 Å². The first kappa shape index (κ1) is 14.7. The fourth-order valence-corrected chi connectivity index (χ4v) is 8.22. The molecule has 0 aromatic heterocycles. The summed E-state index contributed by atoms with van der Waals surface area (Å²) in [6.45, 7) is 5.13. The highest BCUT2D eigenvalue weighted by molar-refractivity contribution is 6.05. The predicted octanol–water partition coefficient (Wildman–Crippen LogP) is 2.52. The molecule has 132 valence electrons. The van der Waals surface area contributed by atoms with Gasteiger partial charge in [-0.2, -0.15) is 0 Å². The van der Waals surface area contributed by atoms with Crippen molar-refractivity contribution >= 4 is 17.5 Å². The summed E-state index contributed by atoms with van der Waals surface area (Å²) in [5, 5.41) is 0. The normalized spacial score (nSPS) is 52.8. The van der Waals surface area contributed by atoms with Crippen molar-refractivity contribution in [1.29, 1.82) is 0 Å². The first-order valence-corrected chi connectivity index (χ1v) is 10.0. The van der Waals surface area contributed by atoms with Crippen LogP contribution in [0.5, 0.6) is 0 Å². The van der Waals surface area contributed by atoms with Crippen molar-refractivity contribution in [2.45, 2.75) is 58.4 Å². The molecule has 0 aromatic rings. The first-order valence-electron chi connectivity index (χ1n) is 10.0. The van der Waals surface area contributed by atoms with Gasteiger partial charge in [0.05, 0.1) is 5.41 Å². The summed E-state index contributed by atoms with van der Waals surface area (Å²) in [6.07, 6.45) is 4.75. The van der Waals surface area contributed by atoms with Crippen molar-refractivity contribution in [2.75, 3.05) is 6.54 Å². The molecule has 4 nitrogen and oxygen atoms in total. The van der Waals surface area contributed by atoms with Crippen LogP contribution in [0.4, 0.5) is 0 Å². The van der Waals surface area contributed by atoms with Crippen LogP contribution < -0.4 is 0 Å². The molecule has 2 bridgehead atoms. The average Bonchev–Trinajstić information content (AvgIpc) is 3.15. The lowest BCUT2D eigenvalue weighted by molar-refractivity contribution is -0.158. The van der Waals surface area contributed by atoms with Crippen molar-refractivity contribution in [3.05, 3.63) is 11.1 Å².